The van der Waals surface area contributed by atoms with Crippen molar-refractivity contribution in [2.45, 2.75) is 65.5 Å². The van der Waals surface area contributed by atoms with Crippen molar-refractivity contribution < 1.29 is 34.0 Å². The Kier molecular flexibility index (Phi) is 14.4. The third kappa shape index (κ3) is 11.6. The lowest BCUT2D eigenvalue weighted by Crippen LogP contribution is -2.46. The monoisotopic (exact) mass is 573 g/mol. The van der Waals surface area contributed by atoms with E-state index in [2.05, 4.69) is 29.5 Å². The molecule has 4 N–H and O–H groups in total. The van der Waals surface area contributed by atoms with Crippen LogP contribution in [0.5, 0.6) is 11.5 Å². The molecule has 10 nitrogen and oxygen atoms in total. The molecule has 0 aliphatic carbocycles. The Morgan fingerprint density at radius 3 is 2.24 bits per heavy atom. The maximum absolute atomic E-state index is 13.1. The molecule has 0 saturated carbocycles. The molecule has 1 heterocycles. The Bertz CT molecular complexity index is 1060. The van der Waals surface area contributed by atoms with Crippen molar-refractivity contribution in [2.75, 3.05) is 32.8 Å². The number of nitrogens with zero attached hydrogens (tertiary/aromatic N) is 1. The third-order valence-corrected chi connectivity index (χ3v) is 7.33. The average molecular weight is 574 g/mol. The van der Waals surface area contributed by atoms with E-state index in [4.69, 9.17) is 14.2 Å². The van der Waals surface area contributed by atoms with Crippen LogP contribution in [0.25, 0.3) is 0 Å². The number of anilines is 1. The SMILES string of the molecule is COCCCOc1cc(C[C@H](C[C@H](NC(=O)O)[C@H](O)C[C@H](C(=O)Nc2ccncc2)C(C)C)C(C)C)ccc1OC. The molecule has 228 valence electrons. The number of methoxy groups -OCH3 is 2. The van der Waals surface area contributed by atoms with Crippen LogP contribution in [-0.4, -0.2) is 66.8 Å². The van der Waals surface area contributed by atoms with Gasteiger partial charge in [-0.15, -0.1) is 0 Å². The van der Waals surface area contributed by atoms with Crippen LogP contribution in [-0.2, 0) is 16.0 Å². The number of aliphatic hydroxyl groups excluding tert-OH is 1. The van der Waals surface area contributed by atoms with Crippen LogP contribution in [0.3, 0.4) is 0 Å². The summed E-state index contributed by atoms with van der Waals surface area (Å²) in [5.74, 6) is 0.703. The minimum atomic E-state index is -1.21. The first-order chi connectivity index (χ1) is 19.5. The number of aromatic nitrogens is 1. The van der Waals surface area contributed by atoms with Gasteiger partial charge in [0.1, 0.15) is 0 Å². The molecule has 0 saturated heterocycles. The molecule has 0 spiro atoms. The molecule has 1 aromatic heterocycles. The van der Waals surface area contributed by atoms with Crippen molar-refractivity contribution in [1.82, 2.24) is 10.3 Å². The molecule has 0 fully saturated rings. The van der Waals surface area contributed by atoms with Gasteiger partial charge in [-0.2, -0.15) is 0 Å². The van der Waals surface area contributed by atoms with E-state index in [1.54, 1.807) is 38.7 Å². The minimum absolute atomic E-state index is 0.0411. The van der Waals surface area contributed by atoms with Crippen LogP contribution >= 0.6 is 0 Å². The second-order valence-corrected chi connectivity index (χ2v) is 11.1. The number of carbonyl (C=O) groups excluding carboxylic acids is 1. The molecule has 2 aromatic rings. The second-order valence-electron chi connectivity index (χ2n) is 11.1. The lowest BCUT2D eigenvalue weighted by molar-refractivity contribution is -0.122. The van der Waals surface area contributed by atoms with Gasteiger partial charge in [0.05, 0.1) is 25.9 Å². The van der Waals surface area contributed by atoms with Gasteiger partial charge < -0.3 is 35.1 Å². The van der Waals surface area contributed by atoms with E-state index < -0.39 is 24.2 Å². The standard InChI is InChI=1S/C31H47N3O7/c1-20(2)23(16-22-8-9-28(40-6)29(17-22)41-15-7-14-39-5)18-26(34-31(37)38)27(35)19-25(21(3)4)30(36)33-24-10-12-32-13-11-24/h8-13,17,20-21,23,25-27,34-35H,7,14-16,18-19H2,1-6H3,(H,37,38)(H,32,33,36)/t23-,25+,26+,27-/m1/s1. The Balaban J connectivity index is 2.18. The van der Waals surface area contributed by atoms with Crippen molar-refractivity contribution in [3.8, 4) is 11.5 Å². The molecule has 41 heavy (non-hydrogen) atoms. The highest BCUT2D eigenvalue weighted by molar-refractivity contribution is 5.92. The predicted octanol–water partition coefficient (Wildman–Crippen LogP) is 5.01. The summed E-state index contributed by atoms with van der Waals surface area (Å²) in [6.07, 6.45) is 2.83. The van der Waals surface area contributed by atoms with Gasteiger partial charge >= 0.3 is 6.09 Å². The summed E-state index contributed by atoms with van der Waals surface area (Å²) in [7, 11) is 3.25. The number of hydrogen-bond acceptors (Lipinski definition) is 7. The number of pyridine rings is 1. The van der Waals surface area contributed by atoms with Crippen LogP contribution in [0, 0.1) is 23.7 Å². The molecule has 0 aliphatic heterocycles. The molecule has 4 atom stereocenters. The molecule has 1 aromatic carbocycles. The maximum atomic E-state index is 13.1. The number of amides is 2. The highest BCUT2D eigenvalue weighted by atomic mass is 16.5. The Hall–Kier alpha value is -3.37. The molecule has 2 amide bonds. The first-order valence-corrected chi connectivity index (χ1v) is 14.2. The van der Waals surface area contributed by atoms with Crippen LogP contribution < -0.4 is 20.1 Å². The summed E-state index contributed by atoms with van der Waals surface area (Å²) in [5.41, 5.74) is 1.64. The maximum Gasteiger partial charge on any atom is 0.404 e. The van der Waals surface area contributed by atoms with Crippen molar-refractivity contribution in [1.29, 1.82) is 0 Å². The van der Waals surface area contributed by atoms with Crippen molar-refractivity contribution >= 4 is 17.7 Å². The molecule has 0 aliphatic rings. The van der Waals surface area contributed by atoms with E-state index >= 15 is 0 Å². The van der Waals surface area contributed by atoms with E-state index in [9.17, 15) is 19.8 Å². The number of benzene rings is 1. The summed E-state index contributed by atoms with van der Waals surface area (Å²) < 4.78 is 16.5. The van der Waals surface area contributed by atoms with Gasteiger partial charge in [-0.25, -0.2) is 4.79 Å². The Labute approximate surface area is 243 Å². The minimum Gasteiger partial charge on any atom is -0.493 e. The summed E-state index contributed by atoms with van der Waals surface area (Å²) >= 11 is 0. The first kappa shape index (κ1) is 33.8. The normalized spacial score (nSPS) is 14.3. The number of carboxylic acid groups (broad SMARTS) is 1. The number of hydrogen-bond donors (Lipinski definition) is 4. The molecule has 0 bridgehead atoms. The molecule has 10 heteroatoms. The molecular formula is C31H47N3O7. The fourth-order valence-corrected chi connectivity index (χ4v) is 4.81. The summed E-state index contributed by atoms with van der Waals surface area (Å²) in [4.78, 5) is 28.8. The zero-order valence-electron chi connectivity index (χ0n) is 25.1. The highest BCUT2D eigenvalue weighted by Gasteiger charge is 2.32. The molecule has 2 rings (SSSR count). The number of aliphatic hydroxyl groups is 1. The topological polar surface area (TPSA) is 139 Å². The Morgan fingerprint density at radius 2 is 1.66 bits per heavy atom. The lowest BCUT2D eigenvalue weighted by Gasteiger charge is -2.32. The van der Waals surface area contributed by atoms with Gasteiger partial charge in [0.25, 0.3) is 0 Å². The zero-order valence-corrected chi connectivity index (χ0v) is 25.1. The van der Waals surface area contributed by atoms with Crippen LogP contribution in [0.15, 0.2) is 42.7 Å². The molecular weight excluding hydrogens is 526 g/mol. The zero-order chi connectivity index (χ0) is 30.4. The van der Waals surface area contributed by atoms with E-state index in [0.717, 1.165) is 12.0 Å². The molecule has 0 unspecified atom stereocenters. The average Bonchev–Trinajstić information content (AvgIpc) is 2.93. The lowest BCUT2D eigenvalue weighted by atomic mass is 9.80. The predicted molar refractivity (Wildman–Crippen MR) is 158 cm³/mol. The molecule has 0 radical (unpaired) electrons. The summed E-state index contributed by atoms with van der Waals surface area (Å²) in [5, 5.41) is 26.3. The van der Waals surface area contributed by atoms with Crippen molar-refractivity contribution in [3.05, 3.63) is 48.3 Å². The van der Waals surface area contributed by atoms with Crippen molar-refractivity contribution in [3.63, 3.8) is 0 Å². The van der Waals surface area contributed by atoms with Gasteiger partial charge in [0, 0.05) is 44.1 Å². The van der Waals surface area contributed by atoms with Crippen LogP contribution in [0.1, 0.15) is 52.5 Å². The van der Waals surface area contributed by atoms with Crippen LogP contribution in [0.2, 0.25) is 0 Å². The number of nitrogens with one attached hydrogen (secondary N) is 2. The fraction of sp³-hybridized carbons (Fsp3) is 0.581. The van der Waals surface area contributed by atoms with Gasteiger partial charge in [-0.1, -0.05) is 33.8 Å². The van der Waals surface area contributed by atoms with Crippen LogP contribution in [0.4, 0.5) is 10.5 Å². The van der Waals surface area contributed by atoms with Gasteiger partial charge in [0.15, 0.2) is 11.5 Å². The van der Waals surface area contributed by atoms with Gasteiger partial charge in [-0.3, -0.25) is 9.78 Å². The summed E-state index contributed by atoms with van der Waals surface area (Å²) in [6, 6.07) is 8.44. The van der Waals surface area contributed by atoms with E-state index in [1.165, 1.54) is 0 Å². The number of carbonyl (C=O) groups is 2. The number of rotatable bonds is 18. The highest BCUT2D eigenvalue weighted by Crippen LogP contribution is 2.32. The fourth-order valence-electron chi connectivity index (χ4n) is 4.81. The first-order valence-electron chi connectivity index (χ1n) is 14.2. The smallest absolute Gasteiger partial charge is 0.404 e. The van der Waals surface area contributed by atoms with Gasteiger partial charge in [0.2, 0.25) is 5.91 Å². The van der Waals surface area contributed by atoms with E-state index in [1.807, 2.05) is 32.0 Å². The third-order valence-electron chi connectivity index (χ3n) is 7.33. The Morgan fingerprint density at radius 1 is 0.951 bits per heavy atom. The van der Waals surface area contributed by atoms with Crippen molar-refractivity contribution in [2.24, 2.45) is 23.7 Å². The number of ether oxygens (including phenoxy) is 3. The quantitative estimate of drug-likeness (QED) is 0.183. The summed E-state index contributed by atoms with van der Waals surface area (Å²) in [6.45, 7) is 9.08. The second kappa shape index (κ2) is 17.4. The largest absolute Gasteiger partial charge is 0.493 e. The van der Waals surface area contributed by atoms with Gasteiger partial charge in [-0.05, 0) is 66.8 Å². The van der Waals surface area contributed by atoms with E-state index in [-0.39, 0.29) is 30.1 Å². The van der Waals surface area contributed by atoms with E-state index in [0.29, 0.717) is 43.2 Å².